The maximum Gasteiger partial charge on any atom is 0.0410 e. The van der Waals surface area contributed by atoms with Crippen LogP contribution in [0.5, 0.6) is 0 Å². The van der Waals surface area contributed by atoms with E-state index in [1.165, 1.54) is 24.1 Å². The molecule has 0 atom stereocenters. The molecule has 0 spiro atoms. The Morgan fingerprint density at radius 1 is 1.26 bits per heavy atom. The fourth-order valence-corrected chi connectivity index (χ4v) is 2.14. The zero-order valence-electron chi connectivity index (χ0n) is 12.9. The number of benzene rings is 1. The van der Waals surface area contributed by atoms with Crippen LogP contribution < -0.4 is 10.2 Å². The summed E-state index contributed by atoms with van der Waals surface area (Å²) in [6, 6.07) is 6.16. The first kappa shape index (κ1) is 16.3. The Morgan fingerprint density at radius 3 is 2.53 bits per heavy atom. The van der Waals surface area contributed by atoms with E-state index < -0.39 is 0 Å². The lowest BCUT2D eigenvalue weighted by Gasteiger charge is -2.26. The largest absolute Gasteiger partial charge is 0.374 e. The number of halogens is 1. The summed E-state index contributed by atoms with van der Waals surface area (Å²) in [5.41, 5.74) is 2.65. The lowest BCUT2D eigenvalue weighted by Crippen LogP contribution is -2.35. The summed E-state index contributed by atoms with van der Waals surface area (Å²) in [5.74, 6) is 0. The molecule has 0 saturated heterocycles. The number of nitrogens with zero attached hydrogens (tertiary/aromatic N) is 1. The lowest BCUT2D eigenvalue weighted by atomic mass is 10.1. The van der Waals surface area contributed by atoms with Crippen molar-refractivity contribution in [3.8, 4) is 0 Å². The lowest BCUT2D eigenvalue weighted by molar-refractivity contribution is 0.424. The molecule has 1 aromatic rings. The molecule has 0 aliphatic carbocycles. The van der Waals surface area contributed by atoms with Gasteiger partial charge in [-0.15, -0.1) is 0 Å². The van der Waals surface area contributed by atoms with Gasteiger partial charge in [-0.25, -0.2) is 0 Å². The van der Waals surface area contributed by atoms with Crippen LogP contribution >= 0.6 is 11.6 Å². The van der Waals surface area contributed by atoms with E-state index in [2.05, 4.69) is 57.1 Å². The summed E-state index contributed by atoms with van der Waals surface area (Å²) < 4.78 is 0. The Bertz CT molecular complexity index is 396. The van der Waals surface area contributed by atoms with Crippen molar-refractivity contribution in [2.75, 3.05) is 18.5 Å². The molecule has 0 bridgehead atoms. The molecule has 3 heteroatoms. The van der Waals surface area contributed by atoms with Crippen LogP contribution in [0.1, 0.15) is 46.1 Å². The van der Waals surface area contributed by atoms with E-state index in [1.807, 2.05) is 6.07 Å². The zero-order valence-corrected chi connectivity index (χ0v) is 13.6. The number of hydrogen-bond acceptors (Lipinski definition) is 2. The summed E-state index contributed by atoms with van der Waals surface area (Å²) in [7, 11) is 2.15. The van der Waals surface area contributed by atoms with E-state index in [9.17, 15) is 0 Å². The number of unbranched alkanes of at least 4 members (excludes halogenated alkanes) is 1. The Balaban J connectivity index is 2.85. The molecule has 0 fully saturated rings. The fraction of sp³-hybridized carbons (Fsp3) is 0.625. The number of nitrogens with one attached hydrogen (secondary N) is 1. The van der Waals surface area contributed by atoms with E-state index >= 15 is 0 Å². The van der Waals surface area contributed by atoms with Gasteiger partial charge in [0.2, 0.25) is 0 Å². The number of anilines is 1. The smallest absolute Gasteiger partial charge is 0.0410 e. The summed E-state index contributed by atoms with van der Waals surface area (Å²) in [5, 5.41) is 4.34. The van der Waals surface area contributed by atoms with Crippen LogP contribution in [0.3, 0.4) is 0 Å². The van der Waals surface area contributed by atoms with Crippen LogP contribution in [0.2, 0.25) is 5.02 Å². The van der Waals surface area contributed by atoms with Crippen LogP contribution in [-0.2, 0) is 6.54 Å². The van der Waals surface area contributed by atoms with E-state index in [-0.39, 0.29) is 5.54 Å². The normalized spacial score (nSPS) is 11.7. The Morgan fingerprint density at radius 2 is 1.95 bits per heavy atom. The van der Waals surface area contributed by atoms with Gasteiger partial charge in [-0.2, -0.15) is 0 Å². The molecule has 0 radical (unpaired) electrons. The van der Waals surface area contributed by atoms with Gasteiger partial charge in [0.1, 0.15) is 0 Å². The van der Waals surface area contributed by atoms with Gasteiger partial charge >= 0.3 is 0 Å². The monoisotopic (exact) mass is 282 g/mol. The van der Waals surface area contributed by atoms with Crippen molar-refractivity contribution in [3.63, 3.8) is 0 Å². The molecule has 0 unspecified atom stereocenters. The molecular formula is C16H27ClN2. The fourth-order valence-electron chi connectivity index (χ4n) is 1.94. The van der Waals surface area contributed by atoms with Crippen LogP contribution in [0, 0.1) is 0 Å². The molecule has 2 nitrogen and oxygen atoms in total. The molecule has 0 aromatic heterocycles. The van der Waals surface area contributed by atoms with Gasteiger partial charge in [0.05, 0.1) is 0 Å². The highest BCUT2D eigenvalue weighted by Gasteiger charge is 2.12. The Hall–Kier alpha value is -0.730. The Kier molecular flexibility index (Phi) is 6.15. The minimum Gasteiger partial charge on any atom is -0.374 e. The summed E-state index contributed by atoms with van der Waals surface area (Å²) >= 11 is 6.13. The van der Waals surface area contributed by atoms with Crippen molar-refractivity contribution in [2.24, 2.45) is 0 Å². The minimum absolute atomic E-state index is 0.113. The standard InChI is InChI=1S/C16H27ClN2/c1-6-7-10-19(5)15-9-8-14(17)11-13(15)12-18-16(2,3)4/h8-9,11,18H,6-7,10,12H2,1-5H3. The Labute approximate surface area is 123 Å². The van der Waals surface area contributed by atoms with Gasteiger partial charge in [-0.3, -0.25) is 0 Å². The molecule has 0 aliphatic heterocycles. The van der Waals surface area contributed by atoms with Crippen LogP contribution in [0.15, 0.2) is 18.2 Å². The third-order valence-electron chi connectivity index (χ3n) is 3.11. The molecule has 0 aliphatic rings. The SMILES string of the molecule is CCCCN(C)c1ccc(Cl)cc1CNC(C)(C)C. The topological polar surface area (TPSA) is 15.3 Å². The van der Waals surface area contributed by atoms with Crippen molar-refractivity contribution >= 4 is 17.3 Å². The second-order valence-electron chi connectivity index (χ2n) is 6.15. The van der Waals surface area contributed by atoms with Crippen molar-refractivity contribution in [2.45, 2.75) is 52.6 Å². The number of hydrogen-bond donors (Lipinski definition) is 1. The van der Waals surface area contributed by atoms with Crippen molar-refractivity contribution < 1.29 is 0 Å². The van der Waals surface area contributed by atoms with Gasteiger partial charge in [-0.1, -0.05) is 24.9 Å². The summed E-state index contributed by atoms with van der Waals surface area (Å²) in [4.78, 5) is 2.32. The third-order valence-corrected chi connectivity index (χ3v) is 3.34. The molecule has 1 rings (SSSR count). The van der Waals surface area contributed by atoms with E-state index in [4.69, 9.17) is 11.6 Å². The van der Waals surface area contributed by atoms with Crippen LogP contribution in [-0.4, -0.2) is 19.1 Å². The van der Waals surface area contributed by atoms with Crippen LogP contribution in [0.25, 0.3) is 0 Å². The van der Waals surface area contributed by atoms with Crippen molar-refractivity contribution in [1.82, 2.24) is 5.32 Å². The predicted molar refractivity (Wildman–Crippen MR) is 86.2 cm³/mol. The molecule has 0 amide bonds. The second kappa shape index (κ2) is 7.16. The van der Waals surface area contributed by atoms with Gasteiger partial charge in [0.25, 0.3) is 0 Å². The van der Waals surface area contributed by atoms with Gasteiger partial charge in [-0.05, 0) is 51.0 Å². The van der Waals surface area contributed by atoms with Crippen molar-refractivity contribution in [1.29, 1.82) is 0 Å². The van der Waals surface area contributed by atoms with Crippen LogP contribution in [0.4, 0.5) is 5.69 Å². The summed E-state index contributed by atoms with van der Waals surface area (Å²) in [6.07, 6.45) is 2.43. The maximum atomic E-state index is 6.13. The average Bonchev–Trinajstić information content (AvgIpc) is 2.32. The number of rotatable bonds is 6. The summed E-state index contributed by atoms with van der Waals surface area (Å²) in [6.45, 7) is 10.7. The first-order valence-electron chi connectivity index (χ1n) is 7.08. The molecule has 19 heavy (non-hydrogen) atoms. The van der Waals surface area contributed by atoms with Gasteiger partial charge < -0.3 is 10.2 Å². The molecule has 1 N–H and O–H groups in total. The molecule has 0 saturated carbocycles. The second-order valence-corrected chi connectivity index (χ2v) is 6.59. The van der Waals surface area contributed by atoms with E-state index in [1.54, 1.807) is 0 Å². The average molecular weight is 283 g/mol. The van der Waals surface area contributed by atoms with Gasteiger partial charge in [0.15, 0.2) is 0 Å². The quantitative estimate of drug-likeness (QED) is 0.828. The predicted octanol–water partition coefficient (Wildman–Crippen LogP) is 4.46. The zero-order chi connectivity index (χ0) is 14.5. The van der Waals surface area contributed by atoms with Gasteiger partial charge in [0, 0.05) is 36.4 Å². The van der Waals surface area contributed by atoms with Crippen molar-refractivity contribution in [3.05, 3.63) is 28.8 Å². The highest BCUT2D eigenvalue weighted by molar-refractivity contribution is 6.30. The molecule has 108 valence electrons. The maximum absolute atomic E-state index is 6.13. The molecular weight excluding hydrogens is 256 g/mol. The third kappa shape index (κ3) is 5.84. The first-order chi connectivity index (χ1) is 8.83. The minimum atomic E-state index is 0.113. The highest BCUT2D eigenvalue weighted by Crippen LogP contribution is 2.24. The highest BCUT2D eigenvalue weighted by atomic mass is 35.5. The van der Waals surface area contributed by atoms with E-state index in [0.717, 1.165) is 18.1 Å². The molecule has 0 heterocycles. The molecule has 1 aromatic carbocycles. The first-order valence-corrected chi connectivity index (χ1v) is 7.46. The van der Waals surface area contributed by atoms with E-state index in [0.29, 0.717) is 0 Å².